The molecule has 0 aromatic heterocycles. The van der Waals surface area contributed by atoms with Crippen LogP contribution < -0.4 is 10.5 Å². The molecule has 3 heteroatoms. The van der Waals surface area contributed by atoms with Gasteiger partial charge in [-0.1, -0.05) is 29.8 Å². The Hall–Kier alpha value is -2.00. The number of rotatable bonds is 6. The van der Waals surface area contributed by atoms with Gasteiger partial charge in [0.15, 0.2) is 0 Å². The molecule has 0 aliphatic carbocycles. The van der Waals surface area contributed by atoms with Crippen LogP contribution in [0.1, 0.15) is 29.5 Å². The Labute approximate surface area is 126 Å². The van der Waals surface area contributed by atoms with Gasteiger partial charge in [-0.3, -0.25) is 0 Å². The van der Waals surface area contributed by atoms with Crippen molar-refractivity contribution in [3.05, 3.63) is 59.2 Å². The summed E-state index contributed by atoms with van der Waals surface area (Å²) in [6, 6.07) is 13.6. The predicted octanol–water partition coefficient (Wildman–Crippen LogP) is 3.38. The summed E-state index contributed by atoms with van der Waals surface area (Å²) in [4.78, 5) is 0. The van der Waals surface area contributed by atoms with Crippen molar-refractivity contribution >= 4 is 0 Å². The highest BCUT2D eigenvalue weighted by Gasteiger charge is 2.16. The van der Waals surface area contributed by atoms with Gasteiger partial charge < -0.3 is 15.6 Å². The standard InChI is InChI=1S/C18H23NO2/c1-3-21-18-8-7-13(2)9-17(18)15(12-19)10-14-5-4-6-16(20)11-14/h4-9,11,15,20H,3,10,12,19H2,1-2H3. The smallest absolute Gasteiger partial charge is 0.122 e. The fourth-order valence-corrected chi connectivity index (χ4v) is 2.56. The average Bonchev–Trinajstić information content (AvgIpc) is 2.47. The fourth-order valence-electron chi connectivity index (χ4n) is 2.56. The van der Waals surface area contributed by atoms with E-state index in [9.17, 15) is 5.11 Å². The zero-order valence-electron chi connectivity index (χ0n) is 12.7. The molecule has 0 fully saturated rings. The van der Waals surface area contributed by atoms with Gasteiger partial charge in [-0.15, -0.1) is 0 Å². The molecule has 21 heavy (non-hydrogen) atoms. The van der Waals surface area contributed by atoms with Crippen molar-refractivity contribution in [3.63, 3.8) is 0 Å². The van der Waals surface area contributed by atoms with Crippen molar-refractivity contribution in [2.45, 2.75) is 26.2 Å². The summed E-state index contributed by atoms with van der Waals surface area (Å²) in [7, 11) is 0. The van der Waals surface area contributed by atoms with E-state index in [0.717, 1.165) is 23.3 Å². The minimum absolute atomic E-state index is 0.174. The number of nitrogens with two attached hydrogens (primary N) is 1. The molecule has 112 valence electrons. The van der Waals surface area contributed by atoms with E-state index in [1.165, 1.54) is 5.56 Å². The van der Waals surface area contributed by atoms with Gasteiger partial charge >= 0.3 is 0 Å². The summed E-state index contributed by atoms with van der Waals surface area (Å²) >= 11 is 0. The van der Waals surface area contributed by atoms with Crippen LogP contribution in [0.5, 0.6) is 11.5 Å². The number of phenolic OH excluding ortho intramolecular Hbond substituents is 1. The first kappa shape index (κ1) is 15.4. The third-order valence-electron chi connectivity index (χ3n) is 3.58. The zero-order valence-corrected chi connectivity index (χ0v) is 12.7. The van der Waals surface area contributed by atoms with Gasteiger partial charge in [-0.25, -0.2) is 0 Å². The molecule has 1 unspecified atom stereocenters. The summed E-state index contributed by atoms with van der Waals surface area (Å²) in [5.74, 6) is 1.37. The predicted molar refractivity (Wildman–Crippen MR) is 86.0 cm³/mol. The SMILES string of the molecule is CCOc1ccc(C)cc1C(CN)Cc1cccc(O)c1. The number of benzene rings is 2. The lowest BCUT2D eigenvalue weighted by Gasteiger charge is -2.20. The van der Waals surface area contributed by atoms with Crippen LogP contribution in [0, 0.1) is 6.92 Å². The summed E-state index contributed by atoms with van der Waals surface area (Å²) < 4.78 is 5.73. The van der Waals surface area contributed by atoms with Crippen LogP contribution in [-0.4, -0.2) is 18.3 Å². The highest BCUT2D eigenvalue weighted by Crippen LogP contribution is 2.30. The first-order chi connectivity index (χ1) is 10.1. The van der Waals surface area contributed by atoms with Gasteiger partial charge in [-0.05, 0) is 56.1 Å². The maximum Gasteiger partial charge on any atom is 0.122 e. The highest BCUT2D eigenvalue weighted by molar-refractivity contribution is 5.41. The molecule has 1 atom stereocenters. The Morgan fingerprint density at radius 1 is 1.19 bits per heavy atom. The van der Waals surface area contributed by atoms with Gasteiger partial charge in [0, 0.05) is 5.92 Å². The third-order valence-corrected chi connectivity index (χ3v) is 3.58. The van der Waals surface area contributed by atoms with Crippen LogP contribution in [0.4, 0.5) is 0 Å². The lowest BCUT2D eigenvalue weighted by Crippen LogP contribution is -2.16. The van der Waals surface area contributed by atoms with E-state index in [4.69, 9.17) is 10.5 Å². The molecule has 0 spiro atoms. The molecule has 0 bridgehead atoms. The van der Waals surface area contributed by atoms with Crippen molar-refractivity contribution in [2.24, 2.45) is 5.73 Å². The highest BCUT2D eigenvalue weighted by atomic mass is 16.5. The van der Waals surface area contributed by atoms with E-state index < -0.39 is 0 Å². The van der Waals surface area contributed by atoms with E-state index in [2.05, 4.69) is 19.1 Å². The normalized spacial score (nSPS) is 12.1. The number of aryl methyl sites for hydroxylation is 1. The van der Waals surface area contributed by atoms with Crippen LogP contribution in [0.3, 0.4) is 0 Å². The quantitative estimate of drug-likeness (QED) is 0.855. The van der Waals surface area contributed by atoms with E-state index in [1.54, 1.807) is 12.1 Å². The Morgan fingerprint density at radius 3 is 2.67 bits per heavy atom. The molecule has 0 saturated carbocycles. The Morgan fingerprint density at radius 2 is 2.00 bits per heavy atom. The molecule has 3 N–H and O–H groups in total. The van der Waals surface area contributed by atoms with Crippen LogP contribution >= 0.6 is 0 Å². The van der Waals surface area contributed by atoms with E-state index >= 15 is 0 Å². The zero-order chi connectivity index (χ0) is 15.2. The number of aromatic hydroxyl groups is 1. The lowest BCUT2D eigenvalue weighted by atomic mass is 9.90. The summed E-state index contributed by atoms with van der Waals surface area (Å²) in [5, 5.41) is 9.60. The van der Waals surface area contributed by atoms with Gasteiger partial charge in [0.1, 0.15) is 11.5 Å². The first-order valence-corrected chi connectivity index (χ1v) is 7.35. The topological polar surface area (TPSA) is 55.5 Å². The molecular formula is C18H23NO2. The molecular weight excluding hydrogens is 262 g/mol. The number of hydrogen-bond donors (Lipinski definition) is 2. The summed E-state index contributed by atoms with van der Waals surface area (Å²) in [5.41, 5.74) is 9.40. The second-order valence-electron chi connectivity index (χ2n) is 5.28. The van der Waals surface area contributed by atoms with Gasteiger partial charge in [-0.2, -0.15) is 0 Å². The van der Waals surface area contributed by atoms with Crippen molar-refractivity contribution in [3.8, 4) is 11.5 Å². The summed E-state index contributed by atoms with van der Waals surface area (Å²) in [6.45, 7) is 5.23. The minimum Gasteiger partial charge on any atom is -0.508 e. The van der Waals surface area contributed by atoms with E-state index in [1.807, 2.05) is 25.1 Å². The molecule has 2 rings (SSSR count). The molecule has 2 aromatic rings. The molecule has 0 aliphatic rings. The molecule has 0 radical (unpaired) electrons. The van der Waals surface area contributed by atoms with Gasteiger partial charge in [0.25, 0.3) is 0 Å². The second kappa shape index (κ2) is 7.14. The molecule has 0 aliphatic heterocycles. The molecule has 0 heterocycles. The number of ether oxygens (including phenoxy) is 1. The average molecular weight is 285 g/mol. The Bertz CT molecular complexity index is 596. The van der Waals surface area contributed by atoms with Crippen LogP contribution in [0.2, 0.25) is 0 Å². The first-order valence-electron chi connectivity index (χ1n) is 7.35. The van der Waals surface area contributed by atoms with Crippen molar-refractivity contribution in [1.82, 2.24) is 0 Å². The maximum atomic E-state index is 9.60. The Balaban J connectivity index is 2.30. The summed E-state index contributed by atoms with van der Waals surface area (Å²) in [6.07, 6.45) is 0.786. The maximum absolute atomic E-state index is 9.60. The fraction of sp³-hybridized carbons (Fsp3) is 0.333. The lowest BCUT2D eigenvalue weighted by molar-refractivity contribution is 0.334. The monoisotopic (exact) mass is 285 g/mol. The number of hydrogen-bond acceptors (Lipinski definition) is 3. The Kier molecular flexibility index (Phi) is 5.23. The van der Waals surface area contributed by atoms with Crippen LogP contribution in [0.15, 0.2) is 42.5 Å². The number of phenols is 1. The largest absolute Gasteiger partial charge is 0.508 e. The van der Waals surface area contributed by atoms with Gasteiger partial charge in [0.05, 0.1) is 6.61 Å². The van der Waals surface area contributed by atoms with Crippen molar-refractivity contribution in [2.75, 3.05) is 13.2 Å². The molecule has 0 saturated heterocycles. The minimum atomic E-state index is 0.174. The van der Waals surface area contributed by atoms with E-state index in [0.29, 0.717) is 13.2 Å². The third kappa shape index (κ3) is 3.99. The molecule has 3 nitrogen and oxygen atoms in total. The second-order valence-corrected chi connectivity index (χ2v) is 5.28. The van der Waals surface area contributed by atoms with Crippen molar-refractivity contribution in [1.29, 1.82) is 0 Å². The van der Waals surface area contributed by atoms with Crippen LogP contribution in [0.25, 0.3) is 0 Å². The van der Waals surface area contributed by atoms with Gasteiger partial charge in [0.2, 0.25) is 0 Å². The van der Waals surface area contributed by atoms with Crippen molar-refractivity contribution < 1.29 is 9.84 Å². The molecule has 0 amide bonds. The van der Waals surface area contributed by atoms with Crippen LogP contribution in [-0.2, 0) is 6.42 Å². The van der Waals surface area contributed by atoms with E-state index in [-0.39, 0.29) is 11.7 Å². The molecule has 2 aromatic carbocycles.